The van der Waals surface area contributed by atoms with Crippen molar-refractivity contribution in [3.63, 3.8) is 0 Å². The normalized spacial score (nSPS) is 15.0. The lowest BCUT2D eigenvalue weighted by Crippen LogP contribution is -1.79. The maximum absolute atomic E-state index is 4.33. The molecule has 0 bridgehead atoms. The van der Waals surface area contributed by atoms with E-state index in [-0.39, 0.29) is 0 Å². The van der Waals surface area contributed by atoms with Gasteiger partial charge in [0.2, 0.25) is 0 Å². The van der Waals surface area contributed by atoms with Crippen molar-refractivity contribution in [3.8, 4) is 0 Å². The Morgan fingerprint density at radius 1 is 1.21 bits per heavy atom. The summed E-state index contributed by atoms with van der Waals surface area (Å²) in [5, 5.41) is 8.57. The predicted molar refractivity (Wildman–Crippen MR) is 57.8 cm³/mol. The van der Waals surface area contributed by atoms with E-state index in [0.29, 0.717) is 0 Å². The molecule has 0 aliphatic heterocycles. The monoisotopic (exact) mass is 182 g/mol. The first-order chi connectivity index (χ1) is 6.95. The maximum Gasteiger partial charge on any atom is 0.0996 e. The largest absolute Gasteiger partial charge is 0.277 e. The minimum atomic E-state index is 1.02. The standard InChI is InChI=1S/C12H10N2/c1-2-6-9(5-1)12-10-7-3-4-8-11(10)13-14-12/h1,3-8H,2H2,(H,13,14). The fourth-order valence-corrected chi connectivity index (χ4v) is 1.82. The number of rotatable bonds is 1. The molecule has 1 aromatic heterocycles. The Morgan fingerprint density at radius 2 is 2.14 bits per heavy atom. The van der Waals surface area contributed by atoms with Crippen molar-refractivity contribution in [3.05, 3.63) is 48.2 Å². The lowest BCUT2D eigenvalue weighted by Gasteiger charge is -1.93. The summed E-state index contributed by atoms with van der Waals surface area (Å²) in [6.07, 6.45) is 7.50. The Morgan fingerprint density at radius 3 is 3.00 bits per heavy atom. The Labute approximate surface area is 82.0 Å². The number of hydrogen-bond acceptors (Lipinski definition) is 1. The molecule has 1 aliphatic rings. The number of para-hydroxylation sites is 1. The van der Waals surface area contributed by atoms with E-state index < -0.39 is 0 Å². The third-order valence-electron chi connectivity index (χ3n) is 2.52. The molecule has 68 valence electrons. The minimum Gasteiger partial charge on any atom is -0.277 e. The molecule has 0 atom stereocenters. The molecule has 1 aliphatic carbocycles. The predicted octanol–water partition coefficient (Wildman–Crippen LogP) is 2.91. The quantitative estimate of drug-likeness (QED) is 0.721. The molecule has 1 aromatic carbocycles. The molecule has 2 heteroatoms. The van der Waals surface area contributed by atoms with Gasteiger partial charge in [0.25, 0.3) is 0 Å². The Balaban J connectivity index is 2.26. The van der Waals surface area contributed by atoms with E-state index in [1.165, 1.54) is 11.0 Å². The molecule has 1 N–H and O–H groups in total. The Bertz CT molecular complexity index is 532. The van der Waals surface area contributed by atoms with Crippen LogP contribution in [-0.4, -0.2) is 10.2 Å². The highest BCUT2D eigenvalue weighted by molar-refractivity contribution is 5.93. The summed E-state index contributed by atoms with van der Waals surface area (Å²) < 4.78 is 0. The molecule has 0 amide bonds. The highest BCUT2D eigenvalue weighted by Crippen LogP contribution is 2.26. The smallest absolute Gasteiger partial charge is 0.0996 e. The van der Waals surface area contributed by atoms with Crippen LogP contribution in [0.25, 0.3) is 16.5 Å². The van der Waals surface area contributed by atoms with E-state index in [2.05, 4.69) is 34.5 Å². The van der Waals surface area contributed by atoms with Gasteiger partial charge in [-0.25, -0.2) is 0 Å². The molecular formula is C12H10N2. The zero-order valence-electron chi connectivity index (χ0n) is 7.70. The first-order valence-corrected chi connectivity index (χ1v) is 4.75. The molecule has 14 heavy (non-hydrogen) atoms. The summed E-state index contributed by atoms with van der Waals surface area (Å²) >= 11 is 0. The van der Waals surface area contributed by atoms with Crippen LogP contribution in [-0.2, 0) is 0 Å². The SMILES string of the molecule is C1=CC(c2n[nH]c3ccccc23)=CC1. The first kappa shape index (κ1) is 7.56. The molecule has 0 fully saturated rings. The highest BCUT2D eigenvalue weighted by Gasteiger charge is 2.09. The van der Waals surface area contributed by atoms with Gasteiger partial charge in [-0.1, -0.05) is 36.4 Å². The maximum atomic E-state index is 4.33. The van der Waals surface area contributed by atoms with Crippen molar-refractivity contribution in [2.75, 3.05) is 0 Å². The van der Waals surface area contributed by atoms with Crippen LogP contribution in [0.5, 0.6) is 0 Å². The fraction of sp³-hybridized carbons (Fsp3) is 0.0833. The molecule has 1 heterocycles. The number of allylic oxidation sites excluding steroid dienone is 4. The van der Waals surface area contributed by atoms with E-state index in [1.54, 1.807) is 0 Å². The van der Waals surface area contributed by atoms with Crippen LogP contribution >= 0.6 is 0 Å². The number of aromatic amines is 1. The van der Waals surface area contributed by atoms with Gasteiger partial charge in [0.15, 0.2) is 0 Å². The topological polar surface area (TPSA) is 28.7 Å². The van der Waals surface area contributed by atoms with Crippen LogP contribution in [0.3, 0.4) is 0 Å². The van der Waals surface area contributed by atoms with Crippen LogP contribution in [0.4, 0.5) is 0 Å². The third kappa shape index (κ3) is 1.01. The van der Waals surface area contributed by atoms with E-state index >= 15 is 0 Å². The summed E-state index contributed by atoms with van der Waals surface area (Å²) in [6.45, 7) is 0. The fourth-order valence-electron chi connectivity index (χ4n) is 1.82. The van der Waals surface area contributed by atoms with Gasteiger partial charge in [-0.3, -0.25) is 5.10 Å². The van der Waals surface area contributed by atoms with Crippen LogP contribution in [0, 0.1) is 0 Å². The van der Waals surface area contributed by atoms with Gasteiger partial charge in [-0.2, -0.15) is 5.10 Å². The molecular weight excluding hydrogens is 172 g/mol. The van der Waals surface area contributed by atoms with Crippen LogP contribution in [0.2, 0.25) is 0 Å². The molecule has 0 unspecified atom stereocenters. The number of nitrogens with zero attached hydrogens (tertiary/aromatic N) is 1. The molecule has 0 spiro atoms. The van der Waals surface area contributed by atoms with Crippen molar-refractivity contribution < 1.29 is 0 Å². The summed E-state index contributed by atoms with van der Waals surface area (Å²) in [6, 6.07) is 8.20. The third-order valence-corrected chi connectivity index (χ3v) is 2.52. The molecule has 2 aromatic rings. The van der Waals surface area contributed by atoms with E-state index in [4.69, 9.17) is 0 Å². The van der Waals surface area contributed by atoms with Crippen LogP contribution < -0.4 is 0 Å². The van der Waals surface area contributed by atoms with Crippen molar-refractivity contribution in [2.24, 2.45) is 0 Å². The number of hydrogen-bond donors (Lipinski definition) is 1. The Hall–Kier alpha value is -1.83. The zero-order chi connectivity index (χ0) is 9.38. The van der Waals surface area contributed by atoms with E-state index in [0.717, 1.165) is 17.6 Å². The second kappa shape index (κ2) is 2.84. The summed E-state index contributed by atoms with van der Waals surface area (Å²) in [7, 11) is 0. The number of nitrogens with one attached hydrogen (secondary N) is 1. The van der Waals surface area contributed by atoms with Gasteiger partial charge in [0.05, 0.1) is 11.2 Å². The van der Waals surface area contributed by atoms with E-state index in [9.17, 15) is 0 Å². The van der Waals surface area contributed by atoms with E-state index in [1.807, 2.05) is 18.2 Å². The van der Waals surface area contributed by atoms with Crippen molar-refractivity contribution in [1.29, 1.82) is 0 Å². The summed E-state index contributed by atoms with van der Waals surface area (Å²) in [4.78, 5) is 0. The minimum absolute atomic E-state index is 1.02. The highest BCUT2D eigenvalue weighted by atomic mass is 15.1. The first-order valence-electron chi connectivity index (χ1n) is 4.75. The van der Waals surface area contributed by atoms with Gasteiger partial charge < -0.3 is 0 Å². The number of benzene rings is 1. The molecule has 3 rings (SSSR count). The number of aromatic nitrogens is 2. The molecule has 0 saturated carbocycles. The van der Waals surface area contributed by atoms with Gasteiger partial charge in [0.1, 0.15) is 0 Å². The van der Waals surface area contributed by atoms with Gasteiger partial charge >= 0.3 is 0 Å². The average Bonchev–Trinajstić information content (AvgIpc) is 2.85. The Kier molecular flexibility index (Phi) is 1.53. The second-order valence-corrected chi connectivity index (χ2v) is 3.42. The van der Waals surface area contributed by atoms with Gasteiger partial charge in [-0.15, -0.1) is 0 Å². The van der Waals surface area contributed by atoms with Gasteiger partial charge in [-0.05, 0) is 18.1 Å². The number of H-pyrrole nitrogens is 1. The summed E-state index contributed by atoms with van der Waals surface area (Å²) in [5.41, 5.74) is 3.39. The average molecular weight is 182 g/mol. The van der Waals surface area contributed by atoms with Crippen molar-refractivity contribution in [2.45, 2.75) is 6.42 Å². The number of fused-ring (bicyclic) bond motifs is 1. The van der Waals surface area contributed by atoms with Crippen LogP contribution in [0.1, 0.15) is 12.1 Å². The lowest BCUT2D eigenvalue weighted by molar-refractivity contribution is 1.10. The van der Waals surface area contributed by atoms with Gasteiger partial charge in [0, 0.05) is 5.39 Å². The molecule has 0 saturated heterocycles. The molecule has 0 radical (unpaired) electrons. The van der Waals surface area contributed by atoms with Crippen LogP contribution in [0.15, 0.2) is 42.5 Å². The molecule has 2 nitrogen and oxygen atoms in total. The van der Waals surface area contributed by atoms with Crippen molar-refractivity contribution in [1.82, 2.24) is 10.2 Å². The summed E-state index contributed by atoms with van der Waals surface area (Å²) in [5.74, 6) is 0. The lowest BCUT2D eigenvalue weighted by atomic mass is 10.1. The zero-order valence-corrected chi connectivity index (χ0v) is 7.70. The van der Waals surface area contributed by atoms with Crippen molar-refractivity contribution >= 4 is 16.5 Å². The second-order valence-electron chi connectivity index (χ2n) is 3.42.